The molecule has 3 nitrogen and oxygen atoms in total. The summed E-state index contributed by atoms with van der Waals surface area (Å²) in [6, 6.07) is 5.47. The molecule has 3 N–H and O–H groups in total. The van der Waals surface area contributed by atoms with Crippen molar-refractivity contribution in [1.29, 1.82) is 0 Å². The lowest BCUT2D eigenvalue weighted by atomic mass is 10.1. The van der Waals surface area contributed by atoms with Gasteiger partial charge in [-0.05, 0) is 43.4 Å². The number of benzene rings is 1. The maximum absolute atomic E-state index is 11.6. The van der Waals surface area contributed by atoms with Crippen LogP contribution >= 0.6 is 23.2 Å². The van der Waals surface area contributed by atoms with Crippen molar-refractivity contribution in [2.75, 3.05) is 6.54 Å². The van der Waals surface area contributed by atoms with Gasteiger partial charge < -0.3 is 11.1 Å². The molecule has 0 aliphatic heterocycles. The smallest absolute Gasteiger partial charge is 0.240 e. The maximum Gasteiger partial charge on any atom is 0.240 e. The van der Waals surface area contributed by atoms with E-state index in [4.69, 9.17) is 28.9 Å². The van der Waals surface area contributed by atoms with Crippen LogP contribution < -0.4 is 11.1 Å². The van der Waals surface area contributed by atoms with Gasteiger partial charge in [0.05, 0.1) is 5.54 Å². The monoisotopic (exact) mass is 286 g/mol. The summed E-state index contributed by atoms with van der Waals surface area (Å²) >= 11 is 11.9. The van der Waals surface area contributed by atoms with E-state index in [1.807, 2.05) is 12.1 Å². The molecule has 0 saturated heterocycles. The topological polar surface area (TPSA) is 55.1 Å². The van der Waals surface area contributed by atoms with Gasteiger partial charge in [-0.25, -0.2) is 0 Å². The van der Waals surface area contributed by atoms with E-state index in [0.717, 1.165) is 31.2 Å². The fraction of sp³-hybridized carbons (Fsp3) is 0.462. The Morgan fingerprint density at radius 2 is 2.11 bits per heavy atom. The molecule has 1 fully saturated rings. The van der Waals surface area contributed by atoms with Gasteiger partial charge in [0.15, 0.2) is 0 Å². The summed E-state index contributed by atoms with van der Waals surface area (Å²) in [4.78, 5) is 11.6. The molecular formula is C13H16Cl2N2O. The molecule has 2 rings (SSSR count). The molecule has 0 spiro atoms. The number of hydrogen-bond acceptors (Lipinski definition) is 2. The highest BCUT2D eigenvalue weighted by Crippen LogP contribution is 2.32. The number of carbonyl (C=O) groups excluding carboxylic acids is 1. The minimum absolute atomic E-state index is 0.0373. The van der Waals surface area contributed by atoms with Crippen LogP contribution in [0.3, 0.4) is 0 Å². The largest absolute Gasteiger partial charge is 0.354 e. The van der Waals surface area contributed by atoms with E-state index in [0.29, 0.717) is 16.6 Å². The molecule has 1 aromatic rings. The van der Waals surface area contributed by atoms with Crippen molar-refractivity contribution in [3.63, 3.8) is 0 Å². The molecule has 18 heavy (non-hydrogen) atoms. The fourth-order valence-corrected chi connectivity index (χ4v) is 2.25. The zero-order valence-corrected chi connectivity index (χ0v) is 11.5. The molecule has 0 atom stereocenters. The average molecular weight is 287 g/mol. The van der Waals surface area contributed by atoms with E-state index < -0.39 is 5.54 Å². The van der Waals surface area contributed by atoms with Crippen molar-refractivity contribution in [2.24, 2.45) is 5.73 Å². The highest BCUT2D eigenvalue weighted by Gasteiger charge is 2.45. The fourth-order valence-electron chi connectivity index (χ4n) is 1.74. The number of nitrogens with one attached hydrogen (secondary N) is 1. The van der Waals surface area contributed by atoms with E-state index in [9.17, 15) is 4.79 Å². The summed E-state index contributed by atoms with van der Waals surface area (Å²) < 4.78 is 0. The molecule has 0 unspecified atom stereocenters. The van der Waals surface area contributed by atoms with Crippen LogP contribution in [0.5, 0.6) is 0 Å². The van der Waals surface area contributed by atoms with E-state index in [1.165, 1.54) is 0 Å². The minimum Gasteiger partial charge on any atom is -0.354 e. The van der Waals surface area contributed by atoms with Gasteiger partial charge in [0.25, 0.3) is 0 Å². The Bertz CT molecular complexity index is 458. The highest BCUT2D eigenvalue weighted by molar-refractivity contribution is 6.35. The predicted octanol–water partition coefficient (Wildman–Crippen LogP) is 2.53. The third kappa shape index (κ3) is 3.37. The molecule has 1 saturated carbocycles. The molecule has 1 amide bonds. The van der Waals surface area contributed by atoms with Crippen LogP contribution in [-0.4, -0.2) is 18.0 Å². The van der Waals surface area contributed by atoms with Crippen LogP contribution in [0.2, 0.25) is 10.0 Å². The maximum atomic E-state index is 11.6. The second kappa shape index (κ2) is 5.47. The second-order valence-electron chi connectivity index (χ2n) is 4.75. The summed E-state index contributed by atoms with van der Waals surface area (Å²) in [7, 11) is 0. The molecule has 0 aromatic heterocycles. The standard InChI is InChI=1S/C13H16Cl2N2O/c14-10-4-3-9(11(15)8-10)2-1-7-17-12(18)13(16)5-6-13/h3-4,8H,1-2,5-7,16H2,(H,17,18). The molecule has 5 heteroatoms. The van der Waals surface area contributed by atoms with Crippen LogP contribution in [0.25, 0.3) is 0 Å². The Labute approximate surface area is 117 Å². The zero-order valence-electron chi connectivity index (χ0n) is 10.0. The first-order valence-electron chi connectivity index (χ1n) is 6.02. The van der Waals surface area contributed by atoms with Crippen LogP contribution in [0.1, 0.15) is 24.8 Å². The molecular weight excluding hydrogens is 271 g/mol. The first kappa shape index (κ1) is 13.7. The molecule has 98 valence electrons. The zero-order chi connectivity index (χ0) is 13.2. The molecule has 1 aliphatic rings. The van der Waals surface area contributed by atoms with E-state index in [2.05, 4.69) is 5.32 Å². The minimum atomic E-state index is -0.585. The second-order valence-corrected chi connectivity index (χ2v) is 5.59. The van der Waals surface area contributed by atoms with Gasteiger partial charge in [-0.2, -0.15) is 0 Å². The molecule has 0 heterocycles. The van der Waals surface area contributed by atoms with Crippen molar-refractivity contribution >= 4 is 29.1 Å². The average Bonchev–Trinajstić information content (AvgIpc) is 3.06. The van der Waals surface area contributed by atoms with Gasteiger partial charge in [-0.3, -0.25) is 4.79 Å². The number of hydrogen-bond donors (Lipinski definition) is 2. The van der Waals surface area contributed by atoms with Crippen LogP contribution in [-0.2, 0) is 11.2 Å². The van der Waals surface area contributed by atoms with Crippen LogP contribution in [0.4, 0.5) is 0 Å². The summed E-state index contributed by atoms with van der Waals surface area (Å²) in [5.74, 6) is -0.0373. The number of carbonyl (C=O) groups is 1. The Balaban J connectivity index is 1.73. The Morgan fingerprint density at radius 1 is 1.39 bits per heavy atom. The molecule has 1 aromatic carbocycles. The van der Waals surface area contributed by atoms with Crippen LogP contribution in [0.15, 0.2) is 18.2 Å². The van der Waals surface area contributed by atoms with Crippen LogP contribution in [0, 0.1) is 0 Å². The van der Waals surface area contributed by atoms with Crippen molar-refractivity contribution in [2.45, 2.75) is 31.2 Å². The lowest BCUT2D eigenvalue weighted by molar-refractivity contribution is -0.123. The molecule has 0 bridgehead atoms. The number of nitrogens with two attached hydrogens (primary N) is 1. The third-order valence-electron chi connectivity index (χ3n) is 3.16. The Kier molecular flexibility index (Phi) is 4.15. The van der Waals surface area contributed by atoms with Gasteiger partial charge in [0.2, 0.25) is 5.91 Å². The van der Waals surface area contributed by atoms with Crippen molar-refractivity contribution in [1.82, 2.24) is 5.32 Å². The summed E-state index contributed by atoms with van der Waals surface area (Å²) in [6.45, 7) is 0.622. The quantitative estimate of drug-likeness (QED) is 0.818. The van der Waals surface area contributed by atoms with Gasteiger partial charge in [-0.1, -0.05) is 29.3 Å². The lowest BCUT2D eigenvalue weighted by Crippen LogP contribution is -2.43. The van der Waals surface area contributed by atoms with Gasteiger partial charge >= 0.3 is 0 Å². The van der Waals surface area contributed by atoms with Gasteiger partial charge in [0.1, 0.15) is 0 Å². The Morgan fingerprint density at radius 3 is 2.72 bits per heavy atom. The summed E-state index contributed by atoms with van der Waals surface area (Å²) in [5, 5.41) is 4.16. The predicted molar refractivity (Wildman–Crippen MR) is 73.9 cm³/mol. The number of halogens is 2. The highest BCUT2D eigenvalue weighted by atomic mass is 35.5. The van der Waals surface area contributed by atoms with E-state index in [-0.39, 0.29) is 5.91 Å². The Hall–Kier alpha value is -0.770. The number of amides is 1. The number of rotatable bonds is 5. The normalized spacial score (nSPS) is 16.4. The van der Waals surface area contributed by atoms with Gasteiger partial charge in [-0.15, -0.1) is 0 Å². The van der Waals surface area contributed by atoms with E-state index in [1.54, 1.807) is 6.07 Å². The van der Waals surface area contributed by atoms with Crippen molar-refractivity contribution in [3.05, 3.63) is 33.8 Å². The summed E-state index contributed by atoms with van der Waals surface area (Å²) in [5.41, 5.74) is 6.24. The van der Waals surface area contributed by atoms with Crippen molar-refractivity contribution in [3.8, 4) is 0 Å². The SMILES string of the molecule is NC1(C(=O)NCCCc2ccc(Cl)cc2Cl)CC1. The molecule has 1 aliphatic carbocycles. The first-order valence-corrected chi connectivity index (χ1v) is 6.78. The lowest BCUT2D eigenvalue weighted by Gasteiger charge is -2.10. The van der Waals surface area contributed by atoms with Crippen molar-refractivity contribution < 1.29 is 4.79 Å². The van der Waals surface area contributed by atoms with Gasteiger partial charge in [0, 0.05) is 16.6 Å². The third-order valence-corrected chi connectivity index (χ3v) is 3.75. The summed E-state index contributed by atoms with van der Waals surface area (Å²) in [6.07, 6.45) is 3.24. The molecule has 0 radical (unpaired) electrons. The first-order chi connectivity index (χ1) is 8.51. The van der Waals surface area contributed by atoms with E-state index >= 15 is 0 Å². The number of aryl methyl sites for hydroxylation is 1.